The van der Waals surface area contributed by atoms with Gasteiger partial charge < -0.3 is 15.7 Å². The summed E-state index contributed by atoms with van der Waals surface area (Å²) in [5, 5.41) is 8.95. The third-order valence-electron chi connectivity index (χ3n) is 3.47. The van der Waals surface area contributed by atoms with Crippen LogP contribution in [0.25, 0.3) is 0 Å². The van der Waals surface area contributed by atoms with E-state index < -0.39 is 11.6 Å². The molecule has 1 aliphatic rings. The van der Waals surface area contributed by atoms with Crippen LogP contribution in [0.4, 0.5) is 20.2 Å². The normalized spacial score (nSPS) is 20.2. The van der Waals surface area contributed by atoms with Gasteiger partial charge in [-0.2, -0.15) is 0 Å². The standard InChI is InChI=1S/C13H18F2N2O/c14-10-3-4-11(16)13(12(10)15)17-6-1-2-9(8-17)5-7-18/h3-4,9,18H,1-2,5-8,16H2. The number of nitrogen functional groups attached to an aromatic ring is 1. The first-order chi connectivity index (χ1) is 8.63. The van der Waals surface area contributed by atoms with E-state index in [0.29, 0.717) is 25.4 Å². The Bertz CT molecular complexity index is 424. The van der Waals surface area contributed by atoms with Crippen molar-refractivity contribution in [2.75, 3.05) is 30.3 Å². The molecule has 3 nitrogen and oxygen atoms in total. The van der Waals surface area contributed by atoms with Gasteiger partial charge in [-0.05, 0) is 37.3 Å². The molecule has 1 unspecified atom stereocenters. The number of benzene rings is 1. The monoisotopic (exact) mass is 256 g/mol. The molecule has 1 aromatic rings. The molecule has 1 aromatic carbocycles. The van der Waals surface area contributed by atoms with Crippen LogP contribution in [0.2, 0.25) is 0 Å². The predicted molar refractivity (Wildman–Crippen MR) is 67.4 cm³/mol. The van der Waals surface area contributed by atoms with Crippen LogP contribution in [0.1, 0.15) is 19.3 Å². The summed E-state index contributed by atoms with van der Waals surface area (Å²) >= 11 is 0. The second kappa shape index (κ2) is 5.52. The Labute approximate surface area is 105 Å². The highest BCUT2D eigenvalue weighted by molar-refractivity contribution is 5.68. The van der Waals surface area contributed by atoms with Crippen LogP contribution in [0, 0.1) is 17.6 Å². The van der Waals surface area contributed by atoms with Crippen molar-refractivity contribution in [3.05, 3.63) is 23.8 Å². The number of hydrogen-bond acceptors (Lipinski definition) is 3. The highest BCUT2D eigenvalue weighted by Gasteiger charge is 2.24. The molecule has 0 saturated carbocycles. The van der Waals surface area contributed by atoms with Gasteiger partial charge in [-0.3, -0.25) is 0 Å². The third kappa shape index (κ3) is 2.56. The van der Waals surface area contributed by atoms with E-state index in [9.17, 15) is 8.78 Å². The molecule has 18 heavy (non-hydrogen) atoms. The van der Waals surface area contributed by atoms with Crippen molar-refractivity contribution in [2.45, 2.75) is 19.3 Å². The SMILES string of the molecule is Nc1ccc(F)c(F)c1N1CCCC(CCO)C1. The van der Waals surface area contributed by atoms with Gasteiger partial charge in [0.05, 0.1) is 11.4 Å². The fraction of sp³-hybridized carbons (Fsp3) is 0.538. The zero-order valence-electron chi connectivity index (χ0n) is 10.2. The number of nitrogens with zero attached hydrogens (tertiary/aromatic N) is 1. The lowest BCUT2D eigenvalue weighted by molar-refractivity contribution is 0.244. The number of aliphatic hydroxyl groups excluding tert-OH is 1. The minimum absolute atomic E-state index is 0.125. The molecule has 0 amide bonds. The molecular weight excluding hydrogens is 238 g/mol. The van der Waals surface area contributed by atoms with E-state index in [4.69, 9.17) is 10.8 Å². The van der Waals surface area contributed by atoms with Crippen molar-refractivity contribution in [3.8, 4) is 0 Å². The Kier molecular flexibility index (Phi) is 4.01. The molecule has 1 fully saturated rings. The third-order valence-corrected chi connectivity index (χ3v) is 3.47. The van der Waals surface area contributed by atoms with Gasteiger partial charge in [-0.25, -0.2) is 8.78 Å². The first-order valence-electron chi connectivity index (χ1n) is 6.22. The van der Waals surface area contributed by atoms with Crippen molar-refractivity contribution in [1.82, 2.24) is 0 Å². The Balaban J connectivity index is 2.23. The first kappa shape index (κ1) is 13.1. The maximum Gasteiger partial charge on any atom is 0.184 e. The smallest absolute Gasteiger partial charge is 0.184 e. The lowest BCUT2D eigenvalue weighted by Crippen LogP contribution is -2.37. The largest absolute Gasteiger partial charge is 0.397 e. The second-order valence-electron chi connectivity index (χ2n) is 4.77. The molecule has 1 aliphatic heterocycles. The van der Waals surface area contributed by atoms with Gasteiger partial charge in [-0.1, -0.05) is 0 Å². The maximum absolute atomic E-state index is 13.8. The highest BCUT2D eigenvalue weighted by atomic mass is 19.2. The van der Waals surface area contributed by atoms with Crippen LogP contribution >= 0.6 is 0 Å². The summed E-state index contributed by atoms with van der Waals surface area (Å²) < 4.78 is 27.1. The molecule has 0 bridgehead atoms. The van der Waals surface area contributed by atoms with E-state index in [1.807, 2.05) is 0 Å². The summed E-state index contributed by atoms with van der Waals surface area (Å²) in [6.07, 6.45) is 2.60. The Morgan fingerprint density at radius 2 is 2.17 bits per heavy atom. The number of rotatable bonds is 3. The number of anilines is 2. The van der Waals surface area contributed by atoms with E-state index >= 15 is 0 Å². The van der Waals surface area contributed by atoms with E-state index in [0.717, 1.165) is 18.9 Å². The zero-order valence-corrected chi connectivity index (χ0v) is 10.2. The summed E-state index contributed by atoms with van der Waals surface area (Å²) in [4.78, 5) is 1.79. The molecule has 5 heteroatoms. The molecule has 1 atom stereocenters. The average Bonchev–Trinajstić information content (AvgIpc) is 2.35. The summed E-state index contributed by atoms with van der Waals surface area (Å²) in [7, 11) is 0. The minimum Gasteiger partial charge on any atom is -0.397 e. The summed E-state index contributed by atoms with van der Waals surface area (Å²) in [6, 6.07) is 2.44. The molecule has 0 radical (unpaired) electrons. The van der Waals surface area contributed by atoms with Crippen molar-refractivity contribution in [1.29, 1.82) is 0 Å². The first-order valence-corrected chi connectivity index (χ1v) is 6.22. The van der Waals surface area contributed by atoms with Crippen LogP contribution in [0.15, 0.2) is 12.1 Å². The molecular formula is C13H18F2N2O. The molecule has 0 aromatic heterocycles. The number of hydrogen-bond donors (Lipinski definition) is 2. The lowest BCUT2D eigenvalue weighted by atomic mass is 9.94. The number of piperidine rings is 1. The van der Waals surface area contributed by atoms with E-state index in [1.165, 1.54) is 6.07 Å². The molecule has 1 heterocycles. The topological polar surface area (TPSA) is 49.5 Å². The number of nitrogens with two attached hydrogens (primary N) is 1. The summed E-state index contributed by atoms with van der Waals surface area (Å²) in [5.41, 5.74) is 6.17. The van der Waals surface area contributed by atoms with Gasteiger partial charge in [0.25, 0.3) is 0 Å². The van der Waals surface area contributed by atoms with Crippen LogP contribution in [0.5, 0.6) is 0 Å². The quantitative estimate of drug-likeness (QED) is 0.815. The fourth-order valence-electron chi connectivity index (χ4n) is 2.56. The van der Waals surface area contributed by atoms with Gasteiger partial charge in [0.2, 0.25) is 0 Å². The predicted octanol–water partition coefficient (Wildman–Crippen LogP) is 2.15. The van der Waals surface area contributed by atoms with E-state index in [1.54, 1.807) is 4.90 Å². The van der Waals surface area contributed by atoms with Crippen molar-refractivity contribution >= 4 is 11.4 Å². The van der Waals surface area contributed by atoms with Crippen LogP contribution in [-0.2, 0) is 0 Å². The van der Waals surface area contributed by atoms with E-state index in [2.05, 4.69) is 0 Å². The van der Waals surface area contributed by atoms with Crippen LogP contribution in [0.3, 0.4) is 0 Å². The molecule has 100 valence electrons. The molecule has 1 saturated heterocycles. The van der Waals surface area contributed by atoms with Crippen LogP contribution in [-0.4, -0.2) is 24.8 Å². The van der Waals surface area contributed by atoms with Crippen molar-refractivity contribution < 1.29 is 13.9 Å². The molecule has 2 rings (SSSR count). The Morgan fingerprint density at radius 1 is 1.39 bits per heavy atom. The van der Waals surface area contributed by atoms with Gasteiger partial charge in [-0.15, -0.1) is 0 Å². The Morgan fingerprint density at radius 3 is 2.89 bits per heavy atom. The van der Waals surface area contributed by atoms with Gasteiger partial charge >= 0.3 is 0 Å². The maximum atomic E-state index is 13.8. The second-order valence-corrected chi connectivity index (χ2v) is 4.77. The van der Waals surface area contributed by atoms with Gasteiger partial charge in [0.1, 0.15) is 0 Å². The average molecular weight is 256 g/mol. The van der Waals surface area contributed by atoms with Crippen molar-refractivity contribution in [2.24, 2.45) is 5.92 Å². The Hall–Kier alpha value is -1.36. The number of halogens is 2. The summed E-state index contributed by atoms with van der Waals surface area (Å²) in [5.74, 6) is -1.44. The van der Waals surface area contributed by atoms with Gasteiger partial charge in [0.15, 0.2) is 11.6 Å². The van der Waals surface area contributed by atoms with Crippen LogP contribution < -0.4 is 10.6 Å². The molecule has 3 N–H and O–H groups in total. The molecule has 0 spiro atoms. The minimum atomic E-state index is -0.875. The number of aliphatic hydroxyl groups is 1. The van der Waals surface area contributed by atoms with Crippen molar-refractivity contribution in [3.63, 3.8) is 0 Å². The lowest BCUT2D eigenvalue weighted by Gasteiger charge is -2.35. The highest BCUT2D eigenvalue weighted by Crippen LogP contribution is 2.32. The zero-order chi connectivity index (χ0) is 13.1. The fourth-order valence-corrected chi connectivity index (χ4v) is 2.56. The summed E-state index contributed by atoms with van der Waals surface area (Å²) in [6.45, 7) is 1.41. The van der Waals surface area contributed by atoms with Gasteiger partial charge in [0, 0.05) is 19.7 Å². The van der Waals surface area contributed by atoms with E-state index in [-0.39, 0.29) is 18.0 Å². The molecule has 0 aliphatic carbocycles.